The van der Waals surface area contributed by atoms with Crippen LogP contribution >= 0.6 is 0 Å². The second kappa shape index (κ2) is 8.32. The molecule has 1 heterocycles. The number of amides is 2. The Morgan fingerprint density at radius 1 is 0.900 bits per heavy atom. The smallest absolute Gasteiger partial charge is 0.320 e. The van der Waals surface area contributed by atoms with Crippen molar-refractivity contribution in [3.63, 3.8) is 0 Å². The Labute approximate surface area is 175 Å². The van der Waals surface area contributed by atoms with Crippen molar-refractivity contribution < 1.29 is 19.0 Å². The number of hydrogen-bond acceptors (Lipinski definition) is 5. The van der Waals surface area contributed by atoms with Gasteiger partial charge in [-0.15, -0.1) is 0 Å². The Balaban J connectivity index is 1.43. The van der Waals surface area contributed by atoms with Gasteiger partial charge in [0.2, 0.25) is 0 Å². The largest absolute Gasteiger partial charge is 0.497 e. The molecule has 0 radical (unpaired) electrons. The molecule has 1 fully saturated rings. The first-order chi connectivity index (χ1) is 14.6. The molecule has 0 unspecified atom stereocenters. The van der Waals surface area contributed by atoms with E-state index >= 15 is 0 Å². The van der Waals surface area contributed by atoms with Crippen LogP contribution in [-0.2, 0) is 5.54 Å². The Bertz CT molecular complexity index is 1020. The van der Waals surface area contributed by atoms with Gasteiger partial charge in [0.25, 0.3) is 0 Å². The molecule has 0 saturated heterocycles. The Hall–Kier alpha value is -3.74. The molecule has 3 aromatic rings. The topological polar surface area (TPSA) is 81.7 Å². The van der Waals surface area contributed by atoms with Crippen molar-refractivity contribution in [1.82, 2.24) is 10.3 Å². The number of ether oxygens (including phenoxy) is 3. The summed E-state index contributed by atoms with van der Waals surface area (Å²) in [6.45, 7) is 0. The number of hydrogen-bond donors (Lipinski definition) is 2. The number of nitrogens with zero attached hydrogens (tertiary/aromatic N) is 1. The monoisotopic (exact) mass is 405 g/mol. The van der Waals surface area contributed by atoms with Crippen LogP contribution in [0.2, 0.25) is 0 Å². The third kappa shape index (κ3) is 4.30. The molecule has 2 amide bonds. The van der Waals surface area contributed by atoms with E-state index in [-0.39, 0.29) is 11.6 Å². The second-order valence-electron chi connectivity index (χ2n) is 7.04. The number of nitrogens with one attached hydrogen (secondary N) is 2. The molecule has 2 N–H and O–H groups in total. The fourth-order valence-corrected chi connectivity index (χ4v) is 3.28. The highest BCUT2D eigenvalue weighted by atomic mass is 16.5. The molecule has 1 aromatic heterocycles. The van der Waals surface area contributed by atoms with Gasteiger partial charge in [-0.2, -0.15) is 0 Å². The van der Waals surface area contributed by atoms with Gasteiger partial charge in [0.1, 0.15) is 23.0 Å². The third-order valence-corrected chi connectivity index (χ3v) is 5.05. The van der Waals surface area contributed by atoms with Crippen LogP contribution in [0.25, 0.3) is 0 Å². The van der Waals surface area contributed by atoms with Gasteiger partial charge in [0.15, 0.2) is 0 Å². The highest BCUT2D eigenvalue weighted by Gasteiger charge is 2.45. The van der Waals surface area contributed by atoms with E-state index in [1.54, 1.807) is 56.9 Å². The molecule has 0 atom stereocenters. The minimum Gasteiger partial charge on any atom is -0.497 e. The molecule has 1 aliphatic rings. The van der Waals surface area contributed by atoms with Gasteiger partial charge in [0, 0.05) is 18.5 Å². The van der Waals surface area contributed by atoms with E-state index in [0.717, 1.165) is 29.9 Å². The quantitative estimate of drug-likeness (QED) is 0.595. The Morgan fingerprint density at radius 2 is 1.57 bits per heavy atom. The number of aromatic nitrogens is 1. The maximum atomic E-state index is 12.7. The predicted molar refractivity (Wildman–Crippen MR) is 113 cm³/mol. The van der Waals surface area contributed by atoms with E-state index in [4.69, 9.17) is 14.2 Å². The minimum atomic E-state index is -0.370. The highest BCUT2D eigenvalue weighted by molar-refractivity contribution is 5.92. The van der Waals surface area contributed by atoms with Gasteiger partial charge < -0.3 is 24.8 Å². The summed E-state index contributed by atoms with van der Waals surface area (Å²) in [7, 11) is 3.13. The fourth-order valence-electron chi connectivity index (χ4n) is 3.28. The van der Waals surface area contributed by atoms with Gasteiger partial charge in [-0.3, -0.25) is 4.98 Å². The molecule has 4 rings (SSSR count). The number of carbonyl (C=O) groups excluding carboxylic acids is 1. The molecule has 30 heavy (non-hydrogen) atoms. The molecule has 0 spiro atoms. The number of urea groups is 1. The molecule has 1 aliphatic carbocycles. The zero-order valence-corrected chi connectivity index (χ0v) is 16.8. The first kappa shape index (κ1) is 19.6. The lowest BCUT2D eigenvalue weighted by Crippen LogP contribution is -2.38. The first-order valence-corrected chi connectivity index (χ1v) is 9.61. The maximum absolute atomic E-state index is 12.7. The summed E-state index contributed by atoms with van der Waals surface area (Å²) in [6.07, 6.45) is 5.12. The number of benzene rings is 2. The molecule has 0 bridgehead atoms. The van der Waals surface area contributed by atoms with Crippen molar-refractivity contribution in [2.45, 2.75) is 18.4 Å². The minimum absolute atomic E-state index is 0.295. The summed E-state index contributed by atoms with van der Waals surface area (Å²) in [5.74, 6) is 2.65. The van der Waals surface area contributed by atoms with Gasteiger partial charge in [-0.1, -0.05) is 12.1 Å². The van der Waals surface area contributed by atoms with Crippen molar-refractivity contribution in [3.8, 4) is 23.0 Å². The Kier molecular flexibility index (Phi) is 5.43. The van der Waals surface area contributed by atoms with E-state index < -0.39 is 0 Å². The summed E-state index contributed by atoms with van der Waals surface area (Å²) in [6, 6.07) is 16.3. The van der Waals surface area contributed by atoms with Gasteiger partial charge >= 0.3 is 6.03 Å². The summed E-state index contributed by atoms with van der Waals surface area (Å²) in [4.78, 5) is 16.6. The first-order valence-electron chi connectivity index (χ1n) is 9.61. The molecular formula is C23H23N3O4. The van der Waals surface area contributed by atoms with Crippen molar-refractivity contribution in [2.75, 3.05) is 19.5 Å². The summed E-state index contributed by atoms with van der Waals surface area (Å²) in [5, 5.41) is 5.96. The van der Waals surface area contributed by atoms with E-state index in [1.807, 2.05) is 24.3 Å². The fraction of sp³-hybridized carbons (Fsp3) is 0.217. The lowest BCUT2D eigenvalue weighted by molar-refractivity contribution is 0.247. The van der Waals surface area contributed by atoms with Crippen LogP contribution in [-0.4, -0.2) is 25.2 Å². The van der Waals surface area contributed by atoms with E-state index in [1.165, 1.54) is 0 Å². The van der Waals surface area contributed by atoms with Gasteiger partial charge in [0.05, 0.1) is 25.4 Å². The van der Waals surface area contributed by atoms with Crippen molar-refractivity contribution >= 4 is 11.7 Å². The predicted octanol–water partition coefficient (Wildman–Crippen LogP) is 4.70. The number of methoxy groups -OCH3 is 2. The number of carbonyl (C=O) groups is 1. The normalized spacial score (nSPS) is 13.8. The van der Waals surface area contributed by atoms with Crippen molar-refractivity contribution in [1.29, 1.82) is 0 Å². The highest BCUT2D eigenvalue weighted by Crippen LogP contribution is 2.46. The molecule has 0 aliphatic heterocycles. The van der Waals surface area contributed by atoms with E-state index in [0.29, 0.717) is 17.2 Å². The van der Waals surface area contributed by atoms with Crippen molar-refractivity contribution in [2.24, 2.45) is 0 Å². The van der Waals surface area contributed by atoms with Crippen LogP contribution in [0, 0.1) is 0 Å². The van der Waals surface area contributed by atoms with Crippen LogP contribution in [0.5, 0.6) is 23.0 Å². The van der Waals surface area contributed by atoms with Crippen LogP contribution < -0.4 is 24.8 Å². The van der Waals surface area contributed by atoms with Gasteiger partial charge in [-0.05, 0) is 54.8 Å². The van der Waals surface area contributed by atoms with E-state index in [9.17, 15) is 4.79 Å². The van der Waals surface area contributed by atoms with Gasteiger partial charge in [-0.25, -0.2) is 4.79 Å². The molecular weight excluding hydrogens is 382 g/mol. The Morgan fingerprint density at radius 3 is 2.20 bits per heavy atom. The average Bonchev–Trinajstić information content (AvgIpc) is 3.55. The van der Waals surface area contributed by atoms with Crippen molar-refractivity contribution in [3.05, 3.63) is 72.6 Å². The summed E-state index contributed by atoms with van der Waals surface area (Å²) >= 11 is 0. The average molecular weight is 405 g/mol. The molecule has 2 aromatic carbocycles. The summed E-state index contributed by atoms with van der Waals surface area (Å²) < 4.78 is 16.4. The van der Waals surface area contributed by atoms with E-state index in [2.05, 4.69) is 15.6 Å². The van der Waals surface area contributed by atoms with Crippen LogP contribution in [0.3, 0.4) is 0 Å². The lowest BCUT2D eigenvalue weighted by Gasteiger charge is -2.20. The molecule has 7 heteroatoms. The summed E-state index contributed by atoms with van der Waals surface area (Å²) in [5.41, 5.74) is 1.22. The molecule has 1 saturated carbocycles. The zero-order valence-electron chi connectivity index (χ0n) is 16.8. The number of rotatable bonds is 7. The molecule has 7 nitrogen and oxygen atoms in total. The third-order valence-electron chi connectivity index (χ3n) is 5.05. The van der Waals surface area contributed by atoms with Crippen LogP contribution in [0.15, 0.2) is 67.0 Å². The molecule has 154 valence electrons. The number of pyridine rings is 1. The van der Waals surface area contributed by atoms with Crippen LogP contribution in [0.1, 0.15) is 18.4 Å². The lowest BCUT2D eigenvalue weighted by atomic mass is 10.1. The number of anilines is 1. The maximum Gasteiger partial charge on any atom is 0.320 e. The SMILES string of the molecule is COc1ccc(OC)c(NC(=O)NC2(c3ccc(Oc4ccncc4)cc3)CC2)c1. The van der Waals surface area contributed by atoms with Crippen LogP contribution in [0.4, 0.5) is 10.5 Å². The zero-order chi connectivity index (χ0) is 21.0. The second-order valence-corrected chi connectivity index (χ2v) is 7.04. The standard InChI is InChI=1S/C23H23N3O4/c1-28-19-7-8-21(29-2)20(15-19)25-22(27)26-23(11-12-23)16-3-5-17(6-4-16)30-18-9-13-24-14-10-18/h3-10,13-15H,11-12H2,1-2H3,(H2,25,26,27).